The summed E-state index contributed by atoms with van der Waals surface area (Å²) in [7, 11) is 0. The predicted octanol–water partition coefficient (Wildman–Crippen LogP) is 2.12. The molecule has 1 aromatic carbocycles. The van der Waals surface area contributed by atoms with Crippen molar-refractivity contribution in [1.82, 2.24) is 0 Å². The van der Waals surface area contributed by atoms with Crippen molar-refractivity contribution in [3.63, 3.8) is 0 Å². The van der Waals surface area contributed by atoms with Crippen molar-refractivity contribution in [3.8, 4) is 0 Å². The molecule has 1 aromatic rings. The van der Waals surface area contributed by atoms with Gasteiger partial charge in [0.05, 0.1) is 9.68 Å². The topological polar surface area (TPSA) is 26.3 Å². The molecule has 1 aliphatic heterocycles. The normalized spacial score (nSPS) is 18.3. The summed E-state index contributed by atoms with van der Waals surface area (Å²) >= 11 is 3.04. The minimum atomic E-state index is -0.612. The second-order valence-corrected chi connectivity index (χ2v) is 2.91. The molecular formula is C8H5BrO2. The summed E-state index contributed by atoms with van der Waals surface area (Å²) in [5.41, 5.74) is 0.450. The number of halogens is 1. The molecule has 0 spiro atoms. The van der Waals surface area contributed by atoms with E-state index in [9.17, 15) is 4.79 Å². The first-order chi connectivity index (χ1) is 6.54. The molecule has 1 aliphatic rings. The summed E-state index contributed by atoms with van der Waals surface area (Å²) in [5.74, 6) is -0.612. The maximum atomic E-state index is 11.2. The molecule has 0 fully saturated rings. The van der Waals surface area contributed by atoms with E-state index in [1.807, 2.05) is 0 Å². The zero-order valence-corrected chi connectivity index (χ0v) is 6.99. The molecule has 0 aromatic heterocycles. The van der Waals surface area contributed by atoms with Gasteiger partial charge < -0.3 is 4.74 Å². The van der Waals surface area contributed by atoms with Crippen LogP contribution in [0.4, 0.5) is 0 Å². The molecule has 0 saturated heterocycles. The Morgan fingerprint density at radius 3 is 3.27 bits per heavy atom. The fourth-order valence-corrected chi connectivity index (χ4v) is 1.25. The molecule has 0 bridgehead atoms. The third-order valence-electron chi connectivity index (χ3n) is 1.41. The van der Waals surface area contributed by atoms with Gasteiger partial charge in [0.15, 0.2) is 0 Å². The molecule has 2 nitrogen and oxygen atoms in total. The number of hydrogen-bond acceptors (Lipinski definition) is 2. The highest BCUT2D eigenvalue weighted by atomic mass is 79.9. The SMILES string of the molecule is [2H]c1c([2H])c2c(c([2H])c1Br)COC2=O. The number of benzene rings is 1. The summed E-state index contributed by atoms with van der Waals surface area (Å²) in [5, 5.41) is 0. The smallest absolute Gasteiger partial charge is 0.338 e. The summed E-state index contributed by atoms with van der Waals surface area (Å²) in [6.07, 6.45) is 0. The molecule has 3 heteroatoms. The van der Waals surface area contributed by atoms with Crippen LogP contribution in [0.15, 0.2) is 22.6 Å². The molecule has 0 atom stereocenters. The lowest BCUT2D eigenvalue weighted by Crippen LogP contribution is -1.92. The van der Waals surface area contributed by atoms with Crippen LogP contribution in [0, 0.1) is 0 Å². The number of fused-ring (bicyclic) bond motifs is 1. The van der Waals surface area contributed by atoms with Crippen LogP contribution < -0.4 is 0 Å². The molecule has 0 unspecified atom stereocenters. The molecule has 1 heterocycles. The fraction of sp³-hybridized carbons (Fsp3) is 0.125. The first-order valence-corrected chi connectivity index (χ1v) is 3.78. The first kappa shape index (κ1) is 4.26. The molecule has 0 saturated carbocycles. The van der Waals surface area contributed by atoms with Crippen molar-refractivity contribution in [1.29, 1.82) is 0 Å². The van der Waals surface area contributed by atoms with E-state index in [1.165, 1.54) is 0 Å². The average molecular weight is 216 g/mol. The minimum absolute atomic E-state index is 0.0256. The van der Waals surface area contributed by atoms with Crippen LogP contribution in [0.1, 0.15) is 20.0 Å². The van der Waals surface area contributed by atoms with Gasteiger partial charge in [0, 0.05) is 10.0 Å². The largest absolute Gasteiger partial charge is 0.457 e. The Bertz CT molecular complexity index is 445. The van der Waals surface area contributed by atoms with Crippen LogP contribution in [0.5, 0.6) is 0 Å². The zero-order valence-electron chi connectivity index (χ0n) is 8.40. The Labute approximate surface area is 76.5 Å². The number of ether oxygens (including phenoxy) is 1. The van der Waals surface area contributed by atoms with Crippen molar-refractivity contribution in [3.05, 3.63) is 33.7 Å². The van der Waals surface area contributed by atoms with Gasteiger partial charge in [0.25, 0.3) is 0 Å². The van der Waals surface area contributed by atoms with Crippen molar-refractivity contribution in [2.75, 3.05) is 0 Å². The Kier molecular flexibility index (Phi) is 0.906. The van der Waals surface area contributed by atoms with Gasteiger partial charge in [-0.2, -0.15) is 0 Å². The quantitative estimate of drug-likeness (QED) is 0.621. The molecular weight excluding hydrogens is 208 g/mol. The average Bonchev–Trinajstić information content (AvgIpc) is 2.54. The van der Waals surface area contributed by atoms with Crippen LogP contribution in [-0.2, 0) is 11.3 Å². The molecule has 11 heavy (non-hydrogen) atoms. The molecule has 0 N–H and O–H groups in total. The van der Waals surface area contributed by atoms with Gasteiger partial charge >= 0.3 is 5.97 Å². The van der Waals surface area contributed by atoms with Gasteiger partial charge in [-0.05, 0) is 18.1 Å². The van der Waals surface area contributed by atoms with Crippen LogP contribution in [0.2, 0.25) is 0 Å². The van der Waals surface area contributed by atoms with E-state index in [2.05, 4.69) is 15.9 Å². The molecule has 0 aliphatic carbocycles. The van der Waals surface area contributed by atoms with Crippen LogP contribution in [0.3, 0.4) is 0 Å². The summed E-state index contributed by atoms with van der Waals surface area (Å²) in [4.78, 5) is 11.2. The summed E-state index contributed by atoms with van der Waals surface area (Å²) < 4.78 is 27.6. The van der Waals surface area contributed by atoms with Crippen molar-refractivity contribution < 1.29 is 13.6 Å². The number of esters is 1. The van der Waals surface area contributed by atoms with Crippen molar-refractivity contribution in [2.24, 2.45) is 0 Å². The van der Waals surface area contributed by atoms with Gasteiger partial charge in [-0.3, -0.25) is 0 Å². The third kappa shape index (κ3) is 1.05. The van der Waals surface area contributed by atoms with E-state index in [0.717, 1.165) is 0 Å². The first-order valence-electron chi connectivity index (χ1n) is 4.49. The summed E-state index contributed by atoms with van der Waals surface area (Å²) in [6.45, 7) is 0.0256. The van der Waals surface area contributed by atoms with Crippen LogP contribution in [0.25, 0.3) is 0 Å². The lowest BCUT2D eigenvalue weighted by Gasteiger charge is -1.92. The van der Waals surface area contributed by atoms with Gasteiger partial charge in [0.2, 0.25) is 0 Å². The fourth-order valence-electron chi connectivity index (χ4n) is 0.911. The number of cyclic esters (lactones) is 1. The van der Waals surface area contributed by atoms with E-state index in [0.29, 0.717) is 5.56 Å². The van der Waals surface area contributed by atoms with E-state index in [4.69, 9.17) is 8.85 Å². The lowest BCUT2D eigenvalue weighted by molar-refractivity contribution is 0.0535. The van der Waals surface area contributed by atoms with Gasteiger partial charge in [-0.1, -0.05) is 15.9 Å². The molecule has 0 radical (unpaired) electrons. The van der Waals surface area contributed by atoms with E-state index in [1.54, 1.807) is 0 Å². The third-order valence-corrected chi connectivity index (χ3v) is 1.81. The second-order valence-electron chi connectivity index (χ2n) is 2.12. The zero-order chi connectivity index (χ0) is 10.5. The molecule has 0 amide bonds. The van der Waals surface area contributed by atoms with E-state index in [-0.39, 0.29) is 34.8 Å². The van der Waals surface area contributed by atoms with E-state index < -0.39 is 5.97 Å². The van der Waals surface area contributed by atoms with Crippen molar-refractivity contribution in [2.45, 2.75) is 6.61 Å². The number of carbonyl (C=O) groups is 1. The maximum Gasteiger partial charge on any atom is 0.338 e. The predicted molar refractivity (Wildman–Crippen MR) is 43.3 cm³/mol. The van der Waals surface area contributed by atoms with E-state index >= 15 is 0 Å². The Hall–Kier alpha value is -0.830. The van der Waals surface area contributed by atoms with Gasteiger partial charge in [0.1, 0.15) is 6.61 Å². The number of rotatable bonds is 0. The second kappa shape index (κ2) is 2.34. The Balaban J connectivity index is 2.84. The maximum absolute atomic E-state index is 11.2. The lowest BCUT2D eigenvalue weighted by atomic mass is 10.1. The Morgan fingerprint density at radius 1 is 1.64 bits per heavy atom. The number of carbonyl (C=O) groups excluding carboxylic acids is 1. The van der Waals surface area contributed by atoms with Gasteiger partial charge in [-0.25, -0.2) is 4.79 Å². The van der Waals surface area contributed by atoms with Crippen LogP contribution in [-0.4, -0.2) is 5.97 Å². The minimum Gasteiger partial charge on any atom is -0.457 e. The monoisotopic (exact) mass is 215 g/mol. The highest BCUT2D eigenvalue weighted by Gasteiger charge is 2.20. The highest BCUT2D eigenvalue weighted by Crippen LogP contribution is 2.23. The van der Waals surface area contributed by atoms with Gasteiger partial charge in [-0.15, -0.1) is 0 Å². The highest BCUT2D eigenvalue weighted by molar-refractivity contribution is 9.10. The van der Waals surface area contributed by atoms with Crippen LogP contribution >= 0.6 is 15.9 Å². The van der Waals surface area contributed by atoms with Crippen molar-refractivity contribution >= 4 is 21.9 Å². The molecule has 2 rings (SSSR count). The number of hydrogen-bond donors (Lipinski definition) is 0. The Morgan fingerprint density at radius 2 is 2.45 bits per heavy atom. The summed E-state index contributed by atoms with van der Waals surface area (Å²) in [6, 6.07) is -0.259. The molecule has 56 valence electrons. The standard InChI is InChI=1S/C8H5BrO2/c9-6-1-2-7-5(3-6)4-11-8(7)10/h1-3H,4H2/i1D,2D,3D.